The first-order valence-corrected chi connectivity index (χ1v) is 25.9. The van der Waals surface area contributed by atoms with Crippen LogP contribution in [0.1, 0.15) is 87.6 Å². The van der Waals surface area contributed by atoms with E-state index in [9.17, 15) is 19.2 Å². The molecule has 74 heavy (non-hydrogen) atoms. The van der Waals surface area contributed by atoms with E-state index >= 15 is 0 Å². The van der Waals surface area contributed by atoms with Gasteiger partial charge in [0, 0.05) is 58.9 Å². The number of rotatable bonds is 15. The van der Waals surface area contributed by atoms with Crippen LogP contribution in [0, 0.1) is 0 Å². The molecule has 4 heterocycles. The number of hydrogen-bond acceptors (Lipinski definition) is 11. The maximum Gasteiger partial charge on any atom is 0.234 e. The van der Waals surface area contributed by atoms with Gasteiger partial charge in [-0.05, 0) is 84.8 Å². The molecule has 14 heteroatoms. The summed E-state index contributed by atoms with van der Waals surface area (Å²) in [5, 5.41) is 10.5. The Morgan fingerprint density at radius 2 is 0.946 bits per heavy atom. The third kappa shape index (κ3) is 14.6. The highest BCUT2D eigenvalue weighted by atomic mass is 16.3. The highest BCUT2D eigenvalue weighted by Crippen LogP contribution is 2.28. The Kier molecular flexibility index (Phi) is 17.8. The topological polar surface area (TPSA) is 156 Å². The van der Waals surface area contributed by atoms with Crippen LogP contribution in [-0.2, 0) is 26.3 Å². The number of carbonyl (C=O) groups excluding carboxylic acids is 3. The van der Waals surface area contributed by atoms with E-state index in [1.165, 1.54) is 0 Å². The van der Waals surface area contributed by atoms with Crippen molar-refractivity contribution < 1.29 is 18.8 Å². The van der Waals surface area contributed by atoms with Gasteiger partial charge < -0.3 is 20.4 Å². The van der Waals surface area contributed by atoms with Crippen molar-refractivity contribution in [2.24, 2.45) is 0 Å². The Bertz CT molecular complexity index is 2980. The molecule has 0 spiro atoms. The minimum atomic E-state index is -0.176. The molecule has 0 saturated carbocycles. The van der Waals surface area contributed by atoms with Gasteiger partial charge in [-0.2, -0.15) is 0 Å². The van der Waals surface area contributed by atoms with Crippen molar-refractivity contribution in [1.82, 2.24) is 45.5 Å². The number of benzene rings is 4. The fourth-order valence-electron chi connectivity index (χ4n) is 9.44. The van der Waals surface area contributed by atoms with E-state index in [0.29, 0.717) is 86.6 Å². The molecular formula is C60H71N9O5. The summed E-state index contributed by atoms with van der Waals surface area (Å²) in [6, 6.07) is 44.5. The van der Waals surface area contributed by atoms with E-state index in [1.54, 1.807) is 6.07 Å². The highest BCUT2D eigenvalue weighted by molar-refractivity contribution is 5.89. The molecule has 8 rings (SSSR count). The number of fused-ring (bicyclic) bond motifs is 2. The molecule has 14 nitrogen and oxygen atoms in total. The molecule has 4 aromatic carbocycles. The van der Waals surface area contributed by atoms with Gasteiger partial charge in [0.2, 0.25) is 28.9 Å². The van der Waals surface area contributed by atoms with Gasteiger partial charge in [0.25, 0.3) is 0 Å². The normalized spacial score (nSPS) is 16.1. The van der Waals surface area contributed by atoms with Gasteiger partial charge in [-0.3, -0.25) is 38.8 Å². The SMILES string of the molecule is CC(NC(=O)CN1CCN(CC(=O)NC(C)c2ccccc2)CCN(Cc2cccc(-c3ccc4c(=O)c5cc(C(C)(C)C)ccc5oc4n3)n2)CCN(CC(=O)NC(C)c2ccccc2)CC1)c1ccccc1. The van der Waals surface area contributed by atoms with E-state index in [1.807, 2.05) is 154 Å². The molecule has 1 saturated heterocycles. The van der Waals surface area contributed by atoms with E-state index in [-0.39, 0.29) is 72.0 Å². The number of amides is 3. The molecule has 1 aliphatic heterocycles. The fourth-order valence-corrected chi connectivity index (χ4v) is 9.44. The molecule has 0 aliphatic carbocycles. The quantitative estimate of drug-likeness (QED) is 0.0855. The summed E-state index contributed by atoms with van der Waals surface area (Å²) < 4.78 is 6.26. The average Bonchev–Trinajstić information content (AvgIpc) is 3.40. The largest absolute Gasteiger partial charge is 0.437 e. The number of hydrogen-bond donors (Lipinski definition) is 3. The molecular weight excluding hydrogens is 927 g/mol. The summed E-state index contributed by atoms with van der Waals surface area (Å²) in [5.41, 5.74) is 6.65. The molecule has 3 aromatic heterocycles. The van der Waals surface area contributed by atoms with Crippen LogP contribution in [0.4, 0.5) is 0 Å². The van der Waals surface area contributed by atoms with Gasteiger partial charge >= 0.3 is 0 Å². The number of nitrogens with zero attached hydrogens (tertiary/aromatic N) is 6. The molecule has 1 fully saturated rings. The molecule has 3 atom stereocenters. The summed E-state index contributed by atoms with van der Waals surface area (Å²) in [4.78, 5) is 73.9. The smallest absolute Gasteiger partial charge is 0.234 e. The van der Waals surface area contributed by atoms with Crippen molar-refractivity contribution in [2.45, 2.75) is 71.6 Å². The number of aromatic nitrogens is 2. The van der Waals surface area contributed by atoms with E-state index in [2.05, 4.69) is 56.3 Å². The molecule has 3 N–H and O–H groups in total. The molecule has 3 unspecified atom stereocenters. The summed E-state index contributed by atoms with van der Waals surface area (Å²) in [6.07, 6.45) is 0. The molecule has 0 radical (unpaired) electrons. The molecule has 386 valence electrons. The van der Waals surface area contributed by atoms with Crippen molar-refractivity contribution in [3.05, 3.63) is 178 Å². The van der Waals surface area contributed by atoms with Crippen LogP contribution in [0.2, 0.25) is 0 Å². The van der Waals surface area contributed by atoms with E-state index in [0.717, 1.165) is 27.9 Å². The Morgan fingerprint density at radius 1 is 0.514 bits per heavy atom. The second-order valence-corrected chi connectivity index (χ2v) is 20.7. The summed E-state index contributed by atoms with van der Waals surface area (Å²) in [7, 11) is 0. The molecule has 1 aliphatic rings. The lowest BCUT2D eigenvalue weighted by atomic mass is 9.86. The van der Waals surface area contributed by atoms with Crippen LogP contribution in [0.3, 0.4) is 0 Å². The Hall–Kier alpha value is -7.10. The van der Waals surface area contributed by atoms with Crippen molar-refractivity contribution in [2.75, 3.05) is 72.0 Å². The van der Waals surface area contributed by atoms with Crippen LogP contribution in [0.15, 0.2) is 149 Å². The van der Waals surface area contributed by atoms with E-state index in [4.69, 9.17) is 14.4 Å². The van der Waals surface area contributed by atoms with Crippen molar-refractivity contribution >= 4 is 39.8 Å². The first-order valence-electron chi connectivity index (χ1n) is 25.9. The molecule has 7 aromatic rings. The predicted molar refractivity (Wildman–Crippen MR) is 293 cm³/mol. The van der Waals surface area contributed by atoms with Gasteiger partial charge in [-0.15, -0.1) is 0 Å². The summed E-state index contributed by atoms with van der Waals surface area (Å²) >= 11 is 0. The Balaban J connectivity index is 1.04. The third-order valence-electron chi connectivity index (χ3n) is 13.9. The van der Waals surface area contributed by atoms with Crippen molar-refractivity contribution in [1.29, 1.82) is 0 Å². The zero-order chi connectivity index (χ0) is 52.2. The van der Waals surface area contributed by atoms with Crippen LogP contribution >= 0.6 is 0 Å². The summed E-state index contributed by atoms with van der Waals surface area (Å²) in [6.45, 7) is 17.7. The highest BCUT2D eigenvalue weighted by Gasteiger charge is 2.24. The van der Waals surface area contributed by atoms with Crippen LogP contribution in [0.25, 0.3) is 33.5 Å². The standard InChI is InChI=1S/C60H71N9O5/c1-42(45-17-10-7-11-18-45)61-55(70)39-67-31-29-66(38-49-23-16-24-52(64-49)53-27-26-50-58(73)51-37-48(60(4,5)6)25-28-54(51)74-59(50)65-53)30-32-68(40-56(71)62-43(2)46-19-12-8-13-20-46)34-36-69(35-33-67)41-57(72)63-44(3)47-21-14-9-15-22-47/h7-28,37,42-44H,29-36,38-41H2,1-6H3,(H,61,70)(H,62,71)(H,63,72). The fraction of sp³-hybridized carbons (Fsp3) is 0.367. The number of nitrogens with one attached hydrogen (secondary N) is 3. The minimum absolute atomic E-state index is 0.0846. The summed E-state index contributed by atoms with van der Waals surface area (Å²) in [5.74, 6) is -0.264. The lowest BCUT2D eigenvalue weighted by molar-refractivity contribution is -0.125. The zero-order valence-corrected chi connectivity index (χ0v) is 43.7. The van der Waals surface area contributed by atoms with Crippen molar-refractivity contribution in [3.63, 3.8) is 0 Å². The predicted octanol–water partition coefficient (Wildman–Crippen LogP) is 8.05. The first-order chi connectivity index (χ1) is 35.6. The lowest BCUT2D eigenvalue weighted by Gasteiger charge is -2.34. The minimum Gasteiger partial charge on any atom is -0.437 e. The van der Waals surface area contributed by atoms with Gasteiger partial charge in [0.15, 0.2) is 0 Å². The first kappa shape index (κ1) is 53.2. The van der Waals surface area contributed by atoms with Gasteiger partial charge in [0.1, 0.15) is 5.58 Å². The Morgan fingerprint density at radius 3 is 1.39 bits per heavy atom. The van der Waals surface area contributed by atoms with Gasteiger partial charge in [-0.1, -0.05) is 124 Å². The monoisotopic (exact) mass is 998 g/mol. The number of carbonyl (C=O) groups is 3. The van der Waals surface area contributed by atoms with Crippen LogP contribution in [0.5, 0.6) is 0 Å². The third-order valence-corrected chi connectivity index (χ3v) is 13.9. The maximum atomic E-state index is 13.8. The average molecular weight is 998 g/mol. The lowest BCUT2D eigenvalue weighted by Crippen LogP contribution is -2.50. The van der Waals surface area contributed by atoms with Gasteiger partial charge in [0.05, 0.1) is 65.6 Å². The van der Waals surface area contributed by atoms with Crippen LogP contribution in [-0.4, -0.2) is 119 Å². The molecule has 3 amide bonds. The second kappa shape index (κ2) is 24.8. The molecule has 0 bridgehead atoms. The Labute approximate surface area is 435 Å². The zero-order valence-electron chi connectivity index (χ0n) is 43.7. The number of pyridine rings is 2. The van der Waals surface area contributed by atoms with Crippen LogP contribution < -0.4 is 21.4 Å². The van der Waals surface area contributed by atoms with E-state index < -0.39 is 0 Å². The van der Waals surface area contributed by atoms with Gasteiger partial charge in [-0.25, -0.2) is 9.97 Å². The second-order valence-electron chi connectivity index (χ2n) is 20.7. The maximum absolute atomic E-state index is 13.8. The van der Waals surface area contributed by atoms with Crippen molar-refractivity contribution in [3.8, 4) is 11.4 Å².